The standard InChI is InChI=1S/C54H84O6/c1-4-7-10-13-16-19-22-25-27-29-32-35-38-41-44-47-53(56)59-50-51(49-58-52(55)46-43-40-37-34-31-24-21-18-15-12-9-6-3)60-54(57)48-45-42-39-36-33-30-28-26-23-20-17-14-11-8-5-2/h7-8,10-11,16-17,19-20,25-28,32-33,35-36,41-42,44-45,51H,4-6,9,12-15,18,21-24,29-31,34,37-40,43,46-50H2,1-3H3/b10-7-,11-8-,19-16-,20-17-,27-25-,28-26-,35-32-,36-33-,44-41-,45-42-. The molecule has 0 amide bonds. The number of hydrogen-bond acceptors (Lipinski definition) is 6. The molecule has 0 heterocycles. The Morgan fingerprint density at radius 3 is 1.02 bits per heavy atom. The van der Waals surface area contributed by atoms with Crippen LogP contribution in [0.3, 0.4) is 0 Å². The summed E-state index contributed by atoms with van der Waals surface area (Å²) in [5, 5.41) is 0. The van der Waals surface area contributed by atoms with Gasteiger partial charge in [-0.3, -0.25) is 14.4 Å². The molecule has 0 radical (unpaired) electrons. The lowest BCUT2D eigenvalue weighted by Gasteiger charge is -2.17. The number of ether oxygens (including phenoxy) is 3. The van der Waals surface area contributed by atoms with E-state index in [0.717, 1.165) is 77.0 Å². The van der Waals surface area contributed by atoms with Crippen molar-refractivity contribution in [2.75, 3.05) is 13.2 Å². The molecule has 0 N–H and O–H groups in total. The Labute approximate surface area is 367 Å². The van der Waals surface area contributed by atoms with Gasteiger partial charge in [0.05, 0.1) is 12.8 Å². The second-order valence-electron chi connectivity index (χ2n) is 14.9. The van der Waals surface area contributed by atoms with E-state index in [-0.39, 0.29) is 32.0 Å². The molecular weight excluding hydrogens is 745 g/mol. The monoisotopic (exact) mass is 829 g/mol. The van der Waals surface area contributed by atoms with Crippen molar-refractivity contribution in [1.82, 2.24) is 0 Å². The van der Waals surface area contributed by atoms with Crippen LogP contribution in [0.1, 0.15) is 181 Å². The van der Waals surface area contributed by atoms with Gasteiger partial charge < -0.3 is 14.2 Å². The van der Waals surface area contributed by atoms with Gasteiger partial charge in [0.2, 0.25) is 0 Å². The third-order valence-electron chi connectivity index (χ3n) is 9.28. The molecule has 336 valence electrons. The molecular formula is C54H84O6. The highest BCUT2D eigenvalue weighted by Crippen LogP contribution is 2.13. The van der Waals surface area contributed by atoms with Crippen LogP contribution in [0.25, 0.3) is 0 Å². The smallest absolute Gasteiger partial charge is 0.310 e. The van der Waals surface area contributed by atoms with Gasteiger partial charge in [0.15, 0.2) is 6.10 Å². The third-order valence-corrected chi connectivity index (χ3v) is 9.28. The average molecular weight is 829 g/mol. The van der Waals surface area contributed by atoms with Crippen molar-refractivity contribution in [3.63, 3.8) is 0 Å². The number of carbonyl (C=O) groups excluding carboxylic acids is 3. The van der Waals surface area contributed by atoms with Crippen LogP contribution >= 0.6 is 0 Å². The van der Waals surface area contributed by atoms with Crippen molar-refractivity contribution in [1.29, 1.82) is 0 Å². The molecule has 0 aliphatic rings. The van der Waals surface area contributed by atoms with E-state index >= 15 is 0 Å². The van der Waals surface area contributed by atoms with Gasteiger partial charge in [0, 0.05) is 6.42 Å². The largest absolute Gasteiger partial charge is 0.462 e. The van der Waals surface area contributed by atoms with Gasteiger partial charge in [-0.2, -0.15) is 0 Å². The Morgan fingerprint density at radius 2 is 0.650 bits per heavy atom. The topological polar surface area (TPSA) is 78.9 Å². The Bertz CT molecular complexity index is 1320. The van der Waals surface area contributed by atoms with E-state index in [1.54, 1.807) is 12.2 Å². The lowest BCUT2D eigenvalue weighted by atomic mass is 10.0. The van der Waals surface area contributed by atoms with Crippen molar-refractivity contribution >= 4 is 17.9 Å². The van der Waals surface area contributed by atoms with E-state index in [1.165, 1.54) is 57.8 Å². The zero-order chi connectivity index (χ0) is 43.7. The second kappa shape index (κ2) is 47.5. The highest BCUT2D eigenvalue weighted by atomic mass is 16.6. The Morgan fingerprint density at radius 1 is 0.350 bits per heavy atom. The molecule has 0 fully saturated rings. The van der Waals surface area contributed by atoms with Crippen molar-refractivity contribution in [2.24, 2.45) is 0 Å². The summed E-state index contributed by atoms with van der Waals surface area (Å²) in [6, 6.07) is 0. The first-order chi connectivity index (χ1) is 29.5. The first-order valence-electron chi connectivity index (χ1n) is 23.5. The predicted octanol–water partition coefficient (Wildman–Crippen LogP) is 15.4. The van der Waals surface area contributed by atoms with Gasteiger partial charge in [-0.1, -0.05) is 213 Å². The number of allylic oxidation sites excluding steroid dienone is 18. The summed E-state index contributed by atoms with van der Waals surface area (Å²) in [6.07, 6.45) is 65.1. The Balaban J connectivity index is 4.67. The minimum Gasteiger partial charge on any atom is -0.462 e. The summed E-state index contributed by atoms with van der Waals surface area (Å²) in [6.45, 7) is 6.20. The van der Waals surface area contributed by atoms with Crippen LogP contribution in [0.5, 0.6) is 0 Å². The molecule has 0 saturated carbocycles. The highest BCUT2D eigenvalue weighted by molar-refractivity contribution is 5.72. The van der Waals surface area contributed by atoms with E-state index in [2.05, 4.69) is 118 Å². The fraction of sp³-hybridized carbons (Fsp3) is 0.574. The van der Waals surface area contributed by atoms with Crippen molar-refractivity contribution in [3.05, 3.63) is 122 Å². The molecule has 0 spiro atoms. The van der Waals surface area contributed by atoms with E-state index in [1.807, 2.05) is 12.2 Å². The number of rotatable bonds is 40. The highest BCUT2D eigenvalue weighted by Gasteiger charge is 2.19. The average Bonchev–Trinajstić information content (AvgIpc) is 3.24. The predicted molar refractivity (Wildman–Crippen MR) is 256 cm³/mol. The van der Waals surface area contributed by atoms with Crippen molar-refractivity contribution in [3.8, 4) is 0 Å². The van der Waals surface area contributed by atoms with Gasteiger partial charge in [-0.25, -0.2) is 0 Å². The molecule has 0 saturated heterocycles. The first-order valence-corrected chi connectivity index (χ1v) is 23.5. The molecule has 0 aromatic heterocycles. The molecule has 6 nitrogen and oxygen atoms in total. The lowest BCUT2D eigenvalue weighted by molar-refractivity contribution is -0.166. The summed E-state index contributed by atoms with van der Waals surface area (Å²) >= 11 is 0. The fourth-order valence-corrected chi connectivity index (χ4v) is 5.82. The number of esters is 3. The maximum absolute atomic E-state index is 12.7. The summed E-state index contributed by atoms with van der Waals surface area (Å²) in [4.78, 5) is 37.7. The quantitative estimate of drug-likeness (QED) is 0.0265. The molecule has 0 aliphatic heterocycles. The molecule has 1 atom stereocenters. The van der Waals surface area contributed by atoms with E-state index < -0.39 is 18.0 Å². The maximum Gasteiger partial charge on any atom is 0.310 e. The van der Waals surface area contributed by atoms with Crippen LogP contribution in [0.4, 0.5) is 0 Å². The Hall–Kier alpha value is -4.19. The molecule has 0 aromatic carbocycles. The normalized spacial score (nSPS) is 13.2. The number of unbranched alkanes of at least 4 members (excludes halogenated alkanes) is 11. The number of hydrogen-bond donors (Lipinski definition) is 0. The van der Waals surface area contributed by atoms with Gasteiger partial charge >= 0.3 is 17.9 Å². The molecule has 1 unspecified atom stereocenters. The molecule has 6 heteroatoms. The fourth-order valence-electron chi connectivity index (χ4n) is 5.82. The minimum absolute atomic E-state index is 0.0742. The summed E-state index contributed by atoms with van der Waals surface area (Å²) in [5.74, 6) is -1.23. The van der Waals surface area contributed by atoms with Gasteiger partial charge in [-0.15, -0.1) is 0 Å². The van der Waals surface area contributed by atoms with Crippen LogP contribution in [0, 0.1) is 0 Å². The molecule has 0 rings (SSSR count). The summed E-state index contributed by atoms with van der Waals surface area (Å²) in [5.41, 5.74) is 0. The third kappa shape index (κ3) is 44.9. The minimum atomic E-state index is -0.872. The molecule has 0 bridgehead atoms. The Kier molecular flexibility index (Phi) is 44.2. The van der Waals surface area contributed by atoms with Crippen LogP contribution < -0.4 is 0 Å². The van der Waals surface area contributed by atoms with Crippen LogP contribution in [0.15, 0.2) is 122 Å². The van der Waals surface area contributed by atoms with E-state index in [0.29, 0.717) is 12.8 Å². The van der Waals surface area contributed by atoms with Crippen LogP contribution in [0.2, 0.25) is 0 Å². The van der Waals surface area contributed by atoms with Crippen molar-refractivity contribution < 1.29 is 28.6 Å². The maximum atomic E-state index is 12.7. The summed E-state index contributed by atoms with van der Waals surface area (Å²) in [7, 11) is 0. The van der Waals surface area contributed by atoms with E-state index in [4.69, 9.17) is 14.2 Å². The van der Waals surface area contributed by atoms with Gasteiger partial charge in [0.1, 0.15) is 13.2 Å². The van der Waals surface area contributed by atoms with Gasteiger partial charge in [-0.05, 0) is 70.6 Å². The first kappa shape index (κ1) is 55.8. The zero-order valence-corrected chi connectivity index (χ0v) is 38.2. The molecule has 60 heavy (non-hydrogen) atoms. The van der Waals surface area contributed by atoms with Gasteiger partial charge in [0.25, 0.3) is 0 Å². The number of carbonyl (C=O) groups is 3. The van der Waals surface area contributed by atoms with Crippen LogP contribution in [-0.4, -0.2) is 37.2 Å². The second-order valence-corrected chi connectivity index (χ2v) is 14.9. The molecule has 0 aromatic rings. The van der Waals surface area contributed by atoms with E-state index in [9.17, 15) is 14.4 Å². The van der Waals surface area contributed by atoms with Crippen molar-refractivity contribution in [2.45, 2.75) is 187 Å². The summed E-state index contributed by atoms with van der Waals surface area (Å²) < 4.78 is 16.5. The molecule has 0 aliphatic carbocycles. The lowest BCUT2D eigenvalue weighted by Crippen LogP contribution is -2.30. The SMILES string of the molecule is CC/C=C\C/C=C\C/C=C\C/C=C\C/C=C\CC(=O)OCC(COC(=O)CCCCCCCCCCCCCC)OC(=O)C/C=C\C/C=C\C/C=C\C/C=C\C/C=C\CC. The van der Waals surface area contributed by atoms with Crippen LogP contribution in [-0.2, 0) is 28.6 Å². The zero-order valence-electron chi connectivity index (χ0n) is 38.2.